The van der Waals surface area contributed by atoms with Gasteiger partial charge in [0.1, 0.15) is 13.3 Å². The number of hydrogen-bond donors (Lipinski definition) is 0. The zero-order chi connectivity index (χ0) is 15.2. The molecule has 2 aromatic rings. The molecule has 0 spiro atoms. The summed E-state index contributed by atoms with van der Waals surface area (Å²) in [6.07, 6.45) is 0. The Hall–Kier alpha value is -2.56. The van der Waals surface area contributed by atoms with E-state index in [-0.39, 0.29) is 22.3 Å². The summed E-state index contributed by atoms with van der Waals surface area (Å²) in [4.78, 5) is 23.8. The summed E-state index contributed by atoms with van der Waals surface area (Å²) in [5.74, 6) is -1.91. The Morgan fingerprint density at radius 3 is 1.52 bits per heavy atom. The summed E-state index contributed by atoms with van der Waals surface area (Å²) in [5, 5.41) is 0. The highest BCUT2D eigenvalue weighted by Gasteiger charge is 2.19. The van der Waals surface area contributed by atoms with Crippen molar-refractivity contribution in [3.63, 3.8) is 0 Å². The van der Waals surface area contributed by atoms with E-state index in [1.165, 1.54) is 36.4 Å². The summed E-state index contributed by atoms with van der Waals surface area (Å²) < 4.78 is 30.3. The Bertz CT molecular complexity index is 611. The number of ether oxygens (including phenoxy) is 1. The predicted octanol–water partition coefficient (Wildman–Crippen LogP) is 3.62. The molecule has 0 saturated heterocycles. The van der Waals surface area contributed by atoms with E-state index >= 15 is 0 Å². The van der Waals surface area contributed by atoms with Crippen molar-refractivity contribution >= 4 is 11.9 Å². The highest BCUT2D eigenvalue weighted by atomic mass is 19.1. The molecule has 0 N–H and O–H groups in total. The molecule has 0 fully saturated rings. The predicted molar refractivity (Wildman–Crippen MR) is 72.3 cm³/mol. The first kappa shape index (κ1) is 14.8. The summed E-state index contributed by atoms with van der Waals surface area (Å²) in [7, 11) is 0. The third-order valence-electron chi connectivity index (χ3n) is 2.95. The Morgan fingerprint density at radius 2 is 1.14 bits per heavy atom. The molecular weight excluding hydrogens is 278 g/mol. The minimum absolute atomic E-state index is 0.0221. The zero-order valence-corrected chi connectivity index (χ0v) is 11.0. The van der Waals surface area contributed by atoms with Crippen molar-refractivity contribution in [2.75, 3.05) is 0 Å². The van der Waals surface area contributed by atoms with Crippen molar-refractivity contribution in [2.24, 2.45) is 0 Å². The quantitative estimate of drug-likeness (QED) is 0.638. The number of alkyl halides is 2. The van der Waals surface area contributed by atoms with Crippen molar-refractivity contribution in [1.82, 2.24) is 0 Å². The third kappa shape index (κ3) is 3.31. The monoisotopic (exact) mass is 290 g/mol. The van der Waals surface area contributed by atoms with E-state index in [2.05, 4.69) is 0 Å². The average Bonchev–Trinajstić information content (AvgIpc) is 2.54. The first-order valence-electron chi connectivity index (χ1n) is 6.21. The first-order valence-corrected chi connectivity index (χ1v) is 6.21. The van der Waals surface area contributed by atoms with Gasteiger partial charge in [-0.3, -0.25) is 0 Å². The lowest BCUT2D eigenvalue weighted by Gasteiger charge is -2.08. The lowest BCUT2D eigenvalue weighted by Crippen LogP contribution is -2.15. The molecule has 0 aromatic heterocycles. The van der Waals surface area contributed by atoms with Crippen molar-refractivity contribution in [3.8, 4) is 0 Å². The molecule has 0 bridgehead atoms. The van der Waals surface area contributed by atoms with Crippen molar-refractivity contribution in [3.05, 3.63) is 70.8 Å². The fourth-order valence-corrected chi connectivity index (χ4v) is 1.87. The molecule has 21 heavy (non-hydrogen) atoms. The molecule has 0 saturated carbocycles. The number of esters is 2. The Labute approximate surface area is 120 Å². The third-order valence-corrected chi connectivity index (χ3v) is 2.95. The highest BCUT2D eigenvalue weighted by molar-refractivity contribution is 6.03. The van der Waals surface area contributed by atoms with Crippen LogP contribution in [0.2, 0.25) is 0 Å². The summed E-state index contributed by atoms with van der Waals surface area (Å²) >= 11 is 0. The van der Waals surface area contributed by atoms with Gasteiger partial charge in [0.25, 0.3) is 0 Å². The molecule has 2 aromatic carbocycles. The number of carbonyl (C=O) groups is 2. The molecule has 0 amide bonds. The Morgan fingerprint density at radius 1 is 0.762 bits per heavy atom. The Balaban J connectivity index is 2.21. The van der Waals surface area contributed by atoms with E-state index in [1.54, 1.807) is 12.1 Å². The van der Waals surface area contributed by atoms with Crippen LogP contribution in [0.3, 0.4) is 0 Å². The summed E-state index contributed by atoms with van der Waals surface area (Å²) in [6, 6.07) is 11.8. The van der Waals surface area contributed by atoms with Gasteiger partial charge in [-0.2, -0.15) is 0 Å². The second-order valence-corrected chi connectivity index (χ2v) is 4.26. The maximum absolute atomic E-state index is 12.8. The molecule has 2 rings (SSSR count). The number of halogens is 2. The second-order valence-electron chi connectivity index (χ2n) is 4.26. The molecule has 5 heteroatoms. The molecule has 0 atom stereocenters. The first-order chi connectivity index (χ1) is 10.2. The highest BCUT2D eigenvalue weighted by Crippen LogP contribution is 2.15. The molecule has 0 heterocycles. The number of hydrogen-bond acceptors (Lipinski definition) is 3. The van der Waals surface area contributed by atoms with Gasteiger partial charge in [-0.15, -0.1) is 0 Å². The summed E-state index contributed by atoms with van der Waals surface area (Å²) in [6.45, 7) is -1.69. The van der Waals surface area contributed by atoms with Crippen LogP contribution >= 0.6 is 0 Å². The molecule has 0 aliphatic carbocycles. The fourth-order valence-electron chi connectivity index (χ4n) is 1.87. The molecule has 0 aliphatic heterocycles. The van der Waals surface area contributed by atoms with Gasteiger partial charge < -0.3 is 4.74 Å². The van der Waals surface area contributed by atoms with E-state index in [0.717, 1.165) is 0 Å². The molecule has 0 radical (unpaired) electrons. The molecule has 0 unspecified atom stereocenters. The fraction of sp³-hybridized carbons (Fsp3) is 0.125. The maximum atomic E-state index is 12.8. The zero-order valence-electron chi connectivity index (χ0n) is 11.0. The van der Waals surface area contributed by atoms with Crippen molar-refractivity contribution in [1.29, 1.82) is 0 Å². The van der Waals surface area contributed by atoms with E-state index in [4.69, 9.17) is 4.74 Å². The molecule has 3 nitrogen and oxygen atoms in total. The van der Waals surface area contributed by atoms with Gasteiger partial charge in [-0.1, -0.05) is 36.4 Å². The van der Waals surface area contributed by atoms with E-state index in [9.17, 15) is 18.4 Å². The lowest BCUT2D eigenvalue weighted by molar-refractivity contribution is 0.0395. The van der Waals surface area contributed by atoms with Crippen LogP contribution in [0.4, 0.5) is 8.78 Å². The van der Waals surface area contributed by atoms with Crippen molar-refractivity contribution in [2.45, 2.75) is 13.3 Å². The SMILES string of the molecule is O=C(OC(=O)c1ccccc1CF)c1ccccc1CF. The minimum atomic E-state index is -0.957. The number of carbonyl (C=O) groups excluding carboxylic acids is 2. The molecule has 0 aliphatic rings. The van der Waals surface area contributed by atoms with Gasteiger partial charge in [0, 0.05) is 0 Å². The van der Waals surface area contributed by atoms with Crippen LogP contribution in [0.1, 0.15) is 31.8 Å². The molecular formula is C16H12F2O3. The summed E-state index contributed by atoms with van der Waals surface area (Å²) in [5.41, 5.74) is 0.223. The van der Waals surface area contributed by atoms with Crippen LogP contribution in [0.25, 0.3) is 0 Å². The number of rotatable bonds is 4. The topological polar surface area (TPSA) is 43.4 Å². The smallest absolute Gasteiger partial charge is 0.346 e. The van der Waals surface area contributed by atoms with Gasteiger partial charge in [0.2, 0.25) is 0 Å². The van der Waals surface area contributed by atoms with Gasteiger partial charge in [0.05, 0.1) is 11.1 Å². The van der Waals surface area contributed by atoms with Gasteiger partial charge in [-0.25, -0.2) is 18.4 Å². The second kappa shape index (κ2) is 6.74. The number of benzene rings is 2. The van der Waals surface area contributed by atoms with Crippen LogP contribution in [0.5, 0.6) is 0 Å². The standard InChI is InChI=1S/C16H12F2O3/c17-9-11-5-1-3-7-13(11)15(19)21-16(20)14-8-4-2-6-12(14)10-18/h1-8H,9-10H2. The normalized spacial score (nSPS) is 10.2. The van der Waals surface area contributed by atoms with Gasteiger partial charge in [0.15, 0.2) is 0 Å². The van der Waals surface area contributed by atoms with Crippen LogP contribution in [0, 0.1) is 0 Å². The Kier molecular flexibility index (Phi) is 4.77. The lowest BCUT2D eigenvalue weighted by atomic mass is 10.1. The van der Waals surface area contributed by atoms with Crippen molar-refractivity contribution < 1.29 is 23.1 Å². The average molecular weight is 290 g/mol. The van der Waals surface area contributed by atoms with E-state index in [0.29, 0.717) is 0 Å². The van der Waals surface area contributed by atoms with Crippen LogP contribution in [-0.2, 0) is 18.1 Å². The van der Waals surface area contributed by atoms with E-state index < -0.39 is 25.3 Å². The van der Waals surface area contributed by atoms with E-state index in [1.807, 2.05) is 0 Å². The van der Waals surface area contributed by atoms with Gasteiger partial charge >= 0.3 is 11.9 Å². The maximum Gasteiger partial charge on any atom is 0.346 e. The van der Waals surface area contributed by atoms with Gasteiger partial charge in [-0.05, 0) is 23.3 Å². The van der Waals surface area contributed by atoms with Crippen LogP contribution in [0.15, 0.2) is 48.5 Å². The van der Waals surface area contributed by atoms with Crippen LogP contribution in [-0.4, -0.2) is 11.9 Å². The minimum Gasteiger partial charge on any atom is -0.386 e. The largest absolute Gasteiger partial charge is 0.386 e. The van der Waals surface area contributed by atoms with Crippen LogP contribution < -0.4 is 0 Å². The molecule has 108 valence electrons.